The summed E-state index contributed by atoms with van der Waals surface area (Å²) >= 11 is 0. The number of phenols is 1. The van der Waals surface area contributed by atoms with Crippen molar-refractivity contribution >= 4 is 5.97 Å². The van der Waals surface area contributed by atoms with Crippen molar-refractivity contribution < 1.29 is 15.0 Å². The van der Waals surface area contributed by atoms with Crippen LogP contribution in [0.25, 0.3) is 0 Å². The first-order valence-electron chi connectivity index (χ1n) is 5.07. The van der Waals surface area contributed by atoms with E-state index in [-0.39, 0.29) is 11.7 Å². The Balaban J connectivity index is 2.14. The van der Waals surface area contributed by atoms with E-state index in [0.717, 1.165) is 5.56 Å². The van der Waals surface area contributed by atoms with Crippen LogP contribution >= 0.6 is 0 Å². The summed E-state index contributed by atoms with van der Waals surface area (Å²) in [6.45, 7) is 0. The number of hydrogen-bond donors (Lipinski definition) is 2. The van der Waals surface area contributed by atoms with Crippen molar-refractivity contribution in [1.82, 2.24) is 0 Å². The zero-order valence-electron chi connectivity index (χ0n) is 8.63. The van der Waals surface area contributed by atoms with Crippen LogP contribution in [0, 0.1) is 0 Å². The van der Waals surface area contributed by atoms with Crippen molar-refractivity contribution in [3.63, 3.8) is 0 Å². The molecule has 0 aromatic heterocycles. The fourth-order valence-corrected chi connectivity index (χ4v) is 1.75. The smallest absolute Gasteiger partial charge is 0.335 e. The molecule has 0 fully saturated rings. The summed E-state index contributed by atoms with van der Waals surface area (Å²) in [5, 5.41) is 17.9. The van der Waals surface area contributed by atoms with Gasteiger partial charge in [-0.2, -0.15) is 0 Å². The first-order chi connectivity index (χ1) is 7.66. The molecule has 0 aliphatic heterocycles. The first kappa shape index (κ1) is 10.5. The number of allylic oxidation sites excluding steroid dienone is 2. The van der Waals surface area contributed by atoms with Gasteiger partial charge in [-0.05, 0) is 24.1 Å². The minimum Gasteiger partial charge on any atom is -0.508 e. The average molecular weight is 216 g/mol. The van der Waals surface area contributed by atoms with Gasteiger partial charge in [-0.1, -0.05) is 30.4 Å². The number of benzene rings is 1. The van der Waals surface area contributed by atoms with Gasteiger partial charge in [0.15, 0.2) is 0 Å². The Bertz CT molecular complexity index is 455. The van der Waals surface area contributed by atoms with Gasteiger partial charge in [-0.15, -0.1) is 0 Å². The molecule has 0 saturated carbocycles. The highest BCUT2D eigenvalue weighted by atomic mass is 16.4. The highest BCUT2D eigenvalue weighted by Crippen LogP contribution is 2.27. The molecule has 1 aromatic carbocycles. The van der Waals surface area contributed by atoms with Gasteiger partial charge in [0.05, 0.1) is 5.57 Å². The summed E-state index contributed by atoms with van der Waals surface area (Å²) in [5.41, 5.74) is 1.42. The standard InChI is InChI=1S/C13H12O3/c14-12-7-5-10(6-8-12)9-1-3-11(4-2-9)13(15)16/h1,3-9,14H,2H2,(H,15,16). The van der Waals surface area contributed by atoms with E-state index in [0.29, 0.717) is 12.0 Å². The Morgan fingerprint density at radius 1 is 1.25 bits per heavy atom. The molecule has 3 nitrogen and oxygen atoms in total. The lowest BCUT2D eigenvalue weighted by Gasteiger charge is -2.15. The summed E-state index contributed by atoms with van der Waals surface area (Å²) in [6, 6.07) is 6.98. The van der Waals surface area contributed by atoms with Gasteiger partial charge in [0.25, 0.3) is 0 Å². The van der Waals surface area contributed by atoms with Crippen molar-refractivity contribution in [2.24, 2.45) is 0 Å². The molecular weight excluding hydrogens is 204 g/mol. The molecule has 2 N–H and O–H groups in total. The van der Waals surface area contributed by atoms with E-state index in [2.05, 4.69) is 0 Å². The number of carboxylic acids is 1. The molecule has 1 unspecified atom stereocenters. The molecule has 3 heteroatoms. The highest BCUT2D eigenvalue weighted by molar-refractivity contribution is 5.90. The summed E-state index contributed by atoms with van der Waals surface area (Å²) in [6.07, 6.45) is 5.92. The summed E-state index contributed by atoms with van der Waals surface area (Å²) in [7, 11) is 0. The van der Waals surface area contributed by atoms with Crippen LogP contribution < -0.4 is 0 Å². The van der Waals surface area contributed by atoms with E-state index >= 15 is 0 Å². The van der Waals surface area contributed by atoms with E-state index in [9.17, 15) is 4.79 Å². The zero-order chi connectivity index (χ0) is 11.5. The fourth-order valence-electron chi connectivity index (χ4n) is 1.75. The van der Waals surface area contributed by atoms with Gasteiger partial charge >= 0.3 is 5.97 Å². The van der Waals surface area contributed by atoms with Crippen molar-refractivity contribution in [3.8, 4) is 5.75 Å². The maximum atomic E-state index is 10.7. The van der Waals surface area contributed by atoms with Crippen molar-refractivity contribution in [2.75, 3.05) is 0 Å². The molecule has 1 aromatic rings. The minimum absolute atomic E-state index is 0.198. The van der Waals surface area contributed by atoms with Crippen LogP contribution in [0.5, 0.6) is 5.75 Å². The zero-order valence-corrected chi connectivity index (χ0v) is 8.63. The quantitative estimate of drug-likeness (QED) is 0.798. The van der Waals surface area contributed by atoms with Crippen molar-refractivity contribution in [1.29, 1.82) is 0 Å². The number of phenolic OH excluding ortho intramolecular Hbond substituents is 1. The molecule has 2 rings (SSSR count). The van der Waals surface area contributed by atoms with Crippen LogP contribution in [0.2, 0.25) is 0 Å². The Labute approximate surface area is 93.4 Å². The molecule has 0 amide bonds. The third kappa shape index (κ3) is 2.14. The Morgan fingerprint density at radius 2 is 1.94 bits per heavy atom. The predicted molar refractivity (Wildman–Crippen MR) is 60.3 cm³/mol. The van der Waals surface area contributed by atoms with Crippen LogP contribution in [0.4, 0.5) is 0 Å². The summed E-state index contributed by atoms with van der Waals surface area (Å²) < 4.78 is 0. The largest absolute Gasteiger partial charge is 0.508 e. The third-order valence-corrected chi connectivity index (χ3v) is 2.67. The van der Waals surface area contributed by atoms with Crippen LogP contribution in [-0.4, -0.2) is 16.2 Å². The van der Waals surface area contributed by atoms with E-state index in [1.165, 1.54) is 0 Å². The number of aromatic hydroxyl groups is 1. The fraction of sp³-hybridized carbons (Fsp3) is 0.154. The van der Waals surface area contributed by atoms with E-state index in [1.807, 2.05) is 18.2 Å². The summed E-state index contributed by atoms with van der Waals surface area (Å²) in [5.74, 6) is -0.450. The molecular formula is C13H12O3. The molecule has 1 aliphatic carbocycles. The van der Waals surface area contributed by atoms with E-state index < -0.39 is 5.97 Å². The van der Waals surface area contributed by atoms with Crippen molar-refractivity contribution in [2.45, 2.75) is 12.3 Å². The maximum absolute atomic E-state index is 10.7. The van der Waals surface area contributed by atoms with Gasteiger partial charge in [-0.3, -0.25) is 0 Å². The lowest BCUT2D eigenvalue weighted by Crippen LogP contribution is -2.04. The minimum atomic E-state index is -0.889. The molecule has 0 radical (unpaired) electrons. The Morgan fingerprint density at radius 3 is 2.44 bits per heavy atom. The molecule has 1 atom stereocenters. The predicted octanol–water partition coefficient (Wildman–Crippen LogP) is 2.45. The lowest BCUT2D eigenvalue weighted by molar-refractivity contribution is -0.132. The van der Waals surface area contributed by atoms with Crippen LogP contribution in [0.1, 0.15) is 17.9 Å². The van der Waals surface area contributed by atoms with Crippen LogP contribution in [-0.2, 0) is 4.79 Å². The number of carbonyl (C=O) groups is 1. The monoisotopic (exact) mass is 216 g/mol. The summed E-state index contributed by atoms with van der Waals surface area (Å²) in [4.78, 5) is 10.7. The van der Waals surface area contributed by atoms with E-state index in [1.54, 1.807) is 24.3 Å². The molecule has 16 heavy (non-hydrogen) atoms. The number of aliphatic carboxylic acids is 1. The van der Waals surface area contributed by atoms with E-state index in [4.69, 9.17) is 10.2 Å². The Kier molecular flexibility index (Phi) is 2.77. The van der Waals surface area contributed by atoms with Crippen molar-refractivity contribution in [3.05, 3.63) is 53.6 Å². The number of rotatable bonds is 2. The van der Waals surface area contributed by atoms with Gasteiger partial charge in [0.2, 0.25) is 0 Å². The number of hydrogen-bond acceptors (Lipinski definition) is 2. The first-order valence-corrected chi connectivity index (χ1v) is 5.07. The third-order valence-electron chi connectivity index (χ3n) is 2.67. The molecule has 82 valence electrons. The highest BCUT2D eigenvalue weighted by Gasteiger charge is 2.13. The molecule has 0 heterocycles. The lowest BCUT2D eigenvalue weighted by atomic mass is 9.90. The average Bonchev–Trinajstić information content (AvgIpc) is 2.30. The molecule has 0 bridgehead atoms. The second kappa shape index (κ2) is 4.23. The van der Waals surface area contributed by atoms with Gasteiger partial charge < -0.3 is 10.2 Å². The molecule has 0 spiro atoms. The van der Waals surface area contributed by atoms with Gasteiger partial charge in [-0.25, -0.2) is 4.79 Å². The molecule has 0 saturated heterocycles. The maximum Gasteiger partial charge on any atom is 0.335 e. The molecule has 1 aliphatic rings. The van der Waals surface area contributed by atoms with Crippen LogP contribution in [0.3, 0.4) is 0 Å². The normalized spacial score (nSPS) is 19.2. The Hall–Kier alpha value is -2.03. The van der Waals surface area contributed by atoms with Crippen LogP contribution in [0.15, 0.2) is 48.1 Å². The second-order valence-electron chi connectivity index (χ2n) is 3.76. The second-order valence-corrected chi connectivity index (χ2v) is 3.76. The van der Waals surface area contributed by atoms with Gasteiger partial charge in [0.1, 0.15) is 5.75 Å². The topological polar surface area (TPSA) is 57.5 Å². The van der Waals surface area contributed by atoms with Gasteiger partial charge in [0, 0.05) is 5.92 Å². The number of carboxylic acid groups (broad SMARTS) is 1. The SMILES string of the molecule is O=C(O)C1=CCC(c2ccc(O)cc2)C=C1.